The van der Waals surface area contributed by atoms with Crippen LogP contribution in [0.2, 0.25) is 0 Å². The lowest BCUT2D eigenvalue weighted by molar-refractivity contribution is -0.274. The fourth-order valence-electron chi connectivity index (χ4n) is 2.35. The third-order valence-electron chi connectivity index (χ3n) is 3.67. The number of para-hydroxylation sites is 1. The highest BCUT2D eigenvalue weighted by Crippen LogP contribution is 2.33. The number of carbonyl (C=O) groups is 2. The van der Waals surface area contributed by atoms with Crippen molar-refractivity contribution < 1.29 is 45.4 Å². The standard InChI is InChI=1S/C18H15F6N3O4/c1-30-14(28)16(17(19,20)21,26-12-5-3-2-4-6-12)27-15(29)25-11-7-9-13(10-8-11)31-18(22,23)24/h2-10,26H,1H3,(H2,25,27,29). The third kappa shape index (κ3) is 6.17. The van der Waals surface area contributed by atoms with Crippen LogP contribution in [0.5, 0.6) is 5.75 Å². The SMILES string of the molecule is COC(=O)C(NC(=O)Nc1ccc(OC(F)(F)F)cc1)(Nc1ccccc1)C(F)(F)F. The van der Waals surface area contributed by atoms with Gasteiger partial charge in [0.2, 0.25) is 0 Å². The van der Waals surface area contributed by atoms with Gasteiger partial charge in [-0.1, -0.05) is 18.2 Å². The van der Waals surface area contributed by atoms with Crippen molar-refractivity contribution in [3.8, 4) is 5.75 Å². The molecule has 0 spiro atoms. The lowest BCUT2D eigenvalue weighted by Crippen LogP contribution is -2.69. The number of methoxy groups -OCH3 is 1. The smallest absolute Gasteiger partial charge is 0.466 e. The number of urea groups is 1. The van der Waals surface area contributed by atoms with Gasteiger partial charge in [-0.15, -0.1) is 13.2 Å². The molecule has 13 heteroatoms. The molecule has 7 nitrogen and oxygen atoms in total. The maximum atomic E-state index is 13.9. The van der Waals surface area contributed by atoms with Gasteiger partial charge in [0, 0.05) is 11.4 Å². The molecule has 168 valence electrons. The lowest BCUT2D eigenvalue weighted by Gasteiger charge is -2.35. The minimum absolute atomic E-state index is 0.154. The third-order valence-corrected chi connectivity index (χ3v) is 3.67. The highest BCUT2D eigenvalue weighted by Gasteiger charge is 2.63. The van der Waals surface area contributed by atoms with Crippen LogP contribution in [0.4, 0.5) is 42.5 Å². The van der Waals surface area contributed by atoms with Crippen LogP contribution < -0.4 is 20.7 Å². The number of nitrogens with one attached hydrogen (secondary N) is 3. The molecule has 0 saturated heterocycles. The number of carbonyl (C=O) groups excluding carboxylic acids is 2. The molecule has 0 radical (unpaired) electrons. The summed E-state index contributed by atoms with van der Waals surface area (Å²) in [7, 11) is 0.703. The number of anilines is 2. The molecule has 0 bridgehead atoms. The lowest BCUT2D eigenvalue weighted by atomic mass is 10.1. The van der Waals surface area contributed by atoms with Crippen molar-refractivity contribution in [3.05, 3.63) is 54.6 Å². The number of benzene rings is 2. The molecule has 0 aromatic heterocycles. The molecule has 2 aromatic carbocycles. The minimum atomic E-state index is -5.35. The molecule has 0 aliphatic carbocycles. The first-order valence-corrected chi connectivity index (χ1v) is 8.29. The minimum Gasteiger partial charge on any atom is -0.466 e. The highest BCUT2D eigenvalue weighted by atomic mass is 19.4. The van der Waals surface area contributed by atoms with Crippen LogP contribution >= 0.6 is 0 Å². The predicted octanol–water partition coefficient (Wildman–Crippen LogP) is 4.25. The molecule has 3 N–H and O–H groups in total. The predicted molar refractivity (Wildman–Crippen MR) is 96.1 cm³/mol. The van der Waals surface area contributed by atoms with E-state index in [-0.39, 0.29) is 11.4 Å². The normalized spacial score (nSPS) is 13.5. The zero-order valence-corrected chi connectivity index (χ0v) is 15.6. The van der Waals surface area contributed by atoms with Crippen LogP contribution in [0.15, 0.2) is 54.6 Å². The molecule has 0 aliphatic heterocycles. The summed E-state index contributed by atoms with van der Waals surface area (Å²) in [5, 5.41) is 5.41. The number of hydrogen-bond acceptors (Lipinski definition) is 5. The second kappa shape index (κ2) is 9.02. The fourth-order valence-corrected chi connectivity index (χ4v) is 2.35. The summed E-state index contributed by atoms with van der Waals surface area (Å²) in [6.07, 6.45) is -10.3. The zero-order valence-electron chi connectivity index (χ0n) is 15.6. The first-order chi connectivity index (χ1) is 14.4. The molecular weight excluding hydrogens is 436 g/mol. The highest BCUT2D eigenvalue weighted by molar-refractivity contribution is 5.96. The molecular formula is C18H15F6N3O4. The Labute approximate surface area is 171 Å². The quantitative estimate of drug-likeness (QED) is 0.347. The summed E-state index contributed by atoms with van der Waals surface area (Å²) in [6.45, 7) is 0. The van der Waals surface area contributed by atoms with E-state index in [2.05, 4.69) is 9.47 Å². The second-order valence-corrected chi connectivity index (χ2v) is 5.88. The largest absolute Gasteiger partial charge is 0.573 e. The molecule has 0 heterocycles. The summed E-state index contributed by atoms with van der Waals surface area (Å²) in [6, 6.07) is 8.85. The molecule has 1 unspecified atom stereocenters. The van der Waals surface area contributed by atoms with Crippen LogP contribution in [0.1, 0.15) is 0 Å². The molecule has 31 heavy (non-hydrogen) atoms. The van der Waals surface area contributed by atoms with E-state index < -0.39 is 36.0 Å². The van der Waals surface area contributed by atoms with Crippen molar-refractivity contribution in [1.82, 2.24) is 5.32 Å². The van der Waals surface area contributed by atoms with E-state index in [1.54, 1.807) is 0 Å². The first kappa shape index (κ1) is 23.6. The van der Waals surface area contributed by atoms with Crippen LogP contribution in [-0.2, 0) is 9.53 Å². The molecule has 2 rings (SSSR count). The van der Waals surface area contributed by atoms with E-state index in [0.717, 1.165) is 24.3 Å². The Morgan fingerprint density at radius 1 is 0.839 bits per heavy atom. The van der Waals surface area contributed by atoms with E-state index in [4.69, 9.17) is 0 Å². The Balaban J connectivity index is 2.25. The van der Waals surface area contributed by atoms with Crippen molar-refractivity contribution in [2.75, 3.05) is 17.7 Å². The number of ether oxygens (including phenoxy) is 2. The Hall–Kier alpha value is -3.64. The summed E-state index contributed by atoms with van der Waals surface area (Å²) in [4.78, 5) is 24.3. The number of esters is 1. The van der Waals surface area contributed by atoms with Crippen molar-refractivity contribution in [1.29, 1.82) is 0 Å². The number of rotatable bonds is 6. The molecule has 0 fully saturated rings. The van der Waals surface area contributed by atoms with Crippen LogP contribution in [0.25, 0.3) is 0 Å². The van der Waals surface area contributed by atoms with Crippen LogP contribution in [-0.4, -0.2) is 37.3 Å². The van der Waals surface area contributed by atoms with Crippen molar-refractivity contribution in [3.63, 3.8) is 0 Å². The average Bonchev–Trinajstić information content (AvgIpc) is 2.67. The van der Waals surface area contributed by atoms with Gasteiger partial charge in [0.1, 0.15) is 5.75 Å². The van der Waals surface area contributed by atoms with E-state index in [1.165, 1.54) is 35.6 Å². The number of halogens is 6. The Kier molecular flexibility index (Phi) is 6.88. The summed E-state index contributed by atoms with van der Waals surface area (Å²) in [5.74, 6) is -2.46. The van der Waals surface area contributed by atoms with E-state index in [1.807, 2.05) is 10.6 Å². The first-order valence-electron chi connectivity index (χ1n) is 8.29. The van der Waals surface area contributed by atoms with Gasteiger partial charge in [-0.2, -0.15) is 13.2 Å². The van der Waals surface area contributed by atoms with E-state index >= 15 is 0 Å². The summed E-state index contributed by atoms with van der Waals surface area (Å²) in [5.41, 5.74) is -3.99. The van der Waals surface area contributed by atoms with E-state index in [0.29, 0.717) is 7.11 Å². The van der Waals surface area contributed by atoms with Gasteiger partial charge >= 0.3 is 30.2 Å². The molecule has 1 atom stereocenters. The Morgan fingerprint density at radius 3 is 1.90 bits per heavy atom. The zero-order chi connectivity index (χ0) is 23.3. The van der Waals surface area contributed by atoms with Gasteiger partial charge in [-0.25, -0.2) is 9.59 Å². The van der Waals surface area contributed by atoms with Crippen molar-refractivity contribution in [2.24, 2.45) is 0 Å². The molecule has 0 aliphatic rings. The number of amides is 2. The van der Waals surface area contributed by atoms with Gasteiger partial charge in [-0.05, 0) is 36.4 Å². The van der Waals surface area contributed by atoms with Gasteiger partial charge in [0.25, 0.3) is 0 Å². The second-order valence-electron chi connectivity index (χ2n) is 5.88. The average molecular weight is 451 g/mol. The fraction of sp³-hybridized carbons (Fsp3) is 0.222. The maximum absolute atomic E-state index is 13.9. The van der Waals surface area contributed by atoms with Gasteiger partial charge in [0.05, 0.1) is 7.11 Å². The topological polar surface area (TPSA) is 88.7 Å². The van der Waals surface area contributed by atoms with Gasteiger partial charge in [-0.3, -0.25) is 5.32 Å². The molecule has 0 saturated carbocycles. The maximum Gasteiger partial charge on any atom is 0.573 e. The van der Waals surface area contributed by atoms with Crippen LogP contribution in [0, 0.1) is 0 Å². The molecule has 2 aromatic rings. The Morgan fingerprint density at radius 2 is 1.42 bits per heavy atom. The summed E-state index contributed by atoms with van der Waals surface area (Å²) >= 11 is 0. The van der Waals surface area contributed by atoms with Gasteiger partial charge in [0.15, 0.2) is 0 Å². The monoisotopic (exact) mass is 451 g/mol. The van der Waals surface area contributed by atoms with Crippen molar-refractivity contribution >= 4 is 23.4 Å². The van der Waals surface area contributed by atoms with E-state index in [9.17, 15) is 35.9 Å². The number of alkyl halides is 6. The van der Waals surface area contributed by atoms with Crippen molar-refractivity contribution in [2.45, 2.75) is 18.2 Å². The Bertz CT molecular complexity index is 903. The van der Waals surface area contributed by atoms with Gasteiger partial charge < -0.3 is 20.1 Å². The summed E-state index contributed by atoms with van der Waals surface area (Å²) < 4.78 is 86.1. The number of hydrogen-bond donors (Lipinski definition) is 3. The van der Waals surface area contributed by atoms with Crippen LogP contribution in [0.3, 0.4) is 0 Å². The molecule has 2 amide bonds.